The van der Waals surface area contributed by atoms with Gasteiger partial charge in [-0.3, -0.25) is 9.59 Å². The third kappa shape index (κ3) is 2.67. The first-order chi connectivity index (χ1) is 6.03. The van der Waals surface area contributed by atoms with Crippen LogP contribution in [0.25, 0.3) is 0 Å². The van der Waals surface area contributed by atoms with Gasteiger partial charge in [0.2, 0.25) is 0 Å². The van der Waals surface area contributed by atoms with E-state index in [2.05, 4.69) is 5.32 Å². The molecule has 1 aliphatic heterocycles. The Hall–Kier alpha value is -1.14. The minimum Gasteiger partial charge on any atom is -0.386 e. The van der Waals surface area contributed by atoms with Crippen molar-refractivity contribution in [3.63, 3.8) is 0 Å². The second kappa shape index (κ2) is 3.71. The van der Waals surface area contributed by atoms with E-state index in [0.717, 1.165) is 0 Å². The first kappa shape index (κ1) is 9.94. The lowest BCUT2D eigenvalue weighted by Gasteiger charge is -2.19. The van der Waals surface area contributed by atoms with Gasteiger partial charge in [-0.1, -0.05) is 0 Å². The van der Waals surface area contributed by atoms with Gasteiger partial charge in [0, 0.05) is 19.6 Å². The van der Waals surface area contributed by atoms with Gasteiger partial charge in [0.25, 0.3) is 0 Å². The molecule has 0 aromatic carbocycles. The number of ether oxygens (including phenoxy) is 1. The van der Waals surface area contributed by atoms with Crippen molar-refractivity contribution in [3.05, 3.63) is 0 Å². The molecule has 0 aromatic heterocycles. The molecule has 13 heavy (non-hydrogen) atoms. The normalized spacial score (nSPS) is 27.2. The maximum absolute atomic E-state index is 10.7. The number of nitrogens with two attached hydrogens (primary N) is 1. The zero-order valence-electron chi connectivity index (χ0n) is 7.08. The van der Waals surface area contributed by atoms with Crippen LogP contribution >= 0.6 is 0 Å². The maximum Gasteiger partial charge on any atom is 0.309 e. The number of amides is 2. The number of rotatable bonds is 2. The Labute approximate surface area is 75.0 Å². The standard InChI is InChI=1S/C7H12N2O4/c8-5(10)6(11)9-3-7(12)1-2-13-4-7/h12H,1-4H2,(H2,8,10)(H,9,11)/t7-/m1/s1. The van der Waals surface area contributed by atoms with Gasteiger partial charge >= 0.3 is 11.8 Å². The van der Waals surface area contributed by atoms with Crippen molar-refractivity contribution in [1.29, 1.82) is 0 Å². The number of carbonyl (C=O) groups excluding carboxylic acids is 2. The molecular weight excluding hydrogens is 176 g/mol. The molecule has 1 fully saturated rings. The molecular formula is C7H12N2O4. The van der Waals surface area contributed by atoms with Crippen LogP contribution in [0.3, 0.4) is 0 Å². The number of aliphatic hydroxyl groups is 1. The van der Waals surface area contributed by atoms with Crippen LogP contribution < -0.4 is 11.1 Å². The van der Waals surface area contributed by atoms with Gasteiger partial charge in [-0.2, -0.15) is 0 Å². The van der Waals surface area contributed by atoms with E-state index < -0.39 is 17.4 Å². The summed E-state index contributed by atoms with van der Waals surface area (Å²) in [4.78, 5) is 21.0. The summed E-state index contributed by atoms with van der Waals surface area (Å²) in [6.45, 7) is 0.629. The molecule has 1 saturated heterocycles. The van der Waals surface area contributed by atoms with Gasteiger partial charge in [0.05, 0.1) is 6.61 Å². The molecule has 0 aliphatic carbocycles. The molecule has 0 unspecified atom stereocenters. The Morgan fingerprint density at radius 3 is 2.77 bits per heavy atom. The molecule has 2 amide bonds. The minimum atomic E-state index is -1.05. The molecule has 74 valence electrons. The zero-order chi connectivity index (χ0) is 9.90. The Morgan fingerprint density at radius 2 is 2.31 bits per heavy atom. The molecule has 0 spiro atoms. The topological polar surface area (TPSA) is 102 Å². The van der Waals surface area contributed by atoms with Crippen LogP contribution in [0.2, 0.25) is 0 Å². The van der Waals surface area contributed by atoms with Crippen LogP contribution in [0.4, 0.5) is 0 Å². The monoisotopic (exact) mass is 188 g/mol. The van der Waals surface area contributed by atoms with E-state index in [9.17, 15) is 14.7 Å². The van der Waals surface area contributed by atoms with Crippen molar-refractivity contribution in [3.8, 4) is 0 Å². The average molecular weight is 188 g/mol. The van der Waals surface area contributed by atoms with Crippen LogP contribution in [-0.2, 0) is 14.3 Å². The third-order valence-electron chi connectivity index (χ3n) is 1.88. The maximum atomic E-state index is 10.7. The predicted octanol–water partition coefficient (Wildman–Crippen LogP) is -2.26. The molecule has 1 aliphatic rings. The molecule has 0 bridgehead atoms. The van der Waals surface area contributed by atoms with E-state index in [0.29, 0.717) is 13.0 Å². The highest BCUT2D eigenvalue weighted by atomic mass is 16.5. The lowest BCUT2D eigenvalue weighted by molar-refractivity contribution is -0.138. The summed E-state index contributed by atoms with van der Waals surface area (Å²) in [6.07, 6.45) is 0.450. The largest absolute Gasteiger partial charge is 0.386 e. The summed E-state index contributed by atoms with van der Waals surface area (Å²) in [7, 11) is 0. The van der Waals surface area contributed by atoms with Crippen molar-refractivity contribution < 1.29 is 19.4 Å². The number of hydrogen-bond donors (Lipinski definition) is 3. The summed E-state index contributed by atoms with van der Waals surface area (Å²) in [5.41, 5.74) is 3.65. The highest BCUT2D eigenvalue weighted by Gasteiger charge is 2.32. The van der Waals surface area contributed by atoms with Crippen molar-refractivity contribution in [2.45, 2.75) is 12.0 Å². The minimum absolute atomic E-state index is 0.00519. The molecule has 4 N–H and O–H groups in total. The van der Waals surface area contributed by atoms with Gasteiger partial charge in [0.1, 0.15) is 5.60 Å². The van der Waals surface area contributed by atoms with Crippen LogP contribution in [-0.4, -0.2) is 42.3 Å². The van der Waals surface area contributed by atoms with Crippen molar-refractivity contribution in [1.82, 2.24) is 5.32 Å². The second-order valence-corrected chi connectivity index (χ2v) is 3.07. The smallest absolute Gasteiger partial charge is 0.309 e. The van der Waals surface area contributed by atoms with E-state index in [-0.39, 0.29) is 13.2 Å². The van der Waals surface area contributed by atoms with E-state index >= 15 is 0 Å². The summed E-state index contributed by atoms with van der Waals surface area (Å²) >= 11 is 0. The van der Waals surface area contributed by atoms with Crippen molar-refractivity contribution in [2.24, 2.45) is 5.73 Å². The fourth-order valence-electron chi connectivity index (χ4n) is 1.07. The Morgan fingerprint density at radius 1 is 1.62 bits per heavy atom. The highest BCUT2D eigenvalue weighted by molar-refractivity contribution is 6.34. The SMILES string of the molecule is NC(=O)C(=O)NC[C@]1(O)CCOC1. The van der Waals surface area contributed by atoms with E-state index in [1.54, 1.807) is 0 Å². The summed E-state index contributed by atoms with van der Waals surface area (Å²) < 4.78 is 4.94. The van der Waals surface area contributed by atoms with Crippen molar-refractivity contribution in [2.75, 3.05) is 19.8 Å². The summed E-state index contributed by atoms with van der Waals surface area (Å²) in [6, 6.07) is 0. The Bertz CT molecular complexity index is 223. The van der Waals surface area contributed by atoms with Crippen molar-refractivity contribution >= 4 is 11.8 Å². The molecule has 6 nitrogen and oxygen atoms in total. The van der Waals surface area contributed by atoms with E-state index in [1.165, 1.54) is 0 Å². The molecule has 0 saturated carbocycles. The van der Waals surface area contributed by atoms with Crippen LogP contribution in [0.1, 0.15) is 6.42 Å². The molecule has 1 heterocycles. The van der Waals surface area contributed by atoms with Crippen LogP contribution in [0, 0.1) is 0 Å². The Balaban J connectivity index is 2.33. The molecule has 6 heteroatoms. The molecule has 1 rings (SSSR count). The number of nitrogens with one attached hydrogen (secondary N) is 1. The lowest BCUT2D eigenvalue weighted by Crippen LogP contribution is -2.46. The summed E-state index contributed by atoms with van der Waals surface area (Å²) in [5, 5.41) is 11.9. The van der Waals surface area contributed by atoms with Gasteiger partial charge in [-0.05, 0) is 0 Å². The first-order valence-corrected chi connectivity index (χ1v) is 3.91. The van der Waals surface area contributed by atoms with Gasteiger partial charge in [-0.15, -0.1) is 0 Å². The highest BCUT2D eigenvalue weighted by Crippen LogP contribution is 2.16. The predicted molar refractivity (Wildman–Crippen MR) is 42.6 cm³/mol. The van der Waals surface area contributed by atoms with Gasteiger partial charge in [-0.25, -0.2) is 0 Å². The average Bonchev–Trinajstić information content (AvgIpc) is 2.48. The number of hydrogen-bond acceptors (Lipinski definition) is 4. The Kier molecular flexibility index (Phi) is 2.84. The summed E-state index contributed by atoms with van der Waals surface area (Å²) in [5.74, 6) is -1.94. The van der Waals surface area contributed by atoms with Gasteiger partial charge < -0.3 is 20.9 Å². The number of primary amides is 1. The zero-order valence-corrected chi connectivity index (χ0v) is 7.08. The third-order valence-corrected chi connectivity index (χ3v) is 1.88. The van der Waals surface area contributed by atoms with E-state index in [4.69, 9.17) is 10.5 Å². The molecule has 0 radical (unpaired) electrons. The second-order valence-electron chi connectivity index (χ2n) is 3.07. The van der Waals surface area contributed by atoms with Crippen LogP contribution in [0.5, 0.6) is 0 Å². The lowest BCUT2D eigenvalue weighted by atomic mass is 10.0. The van der Waals surface area contributed by atoms with E-state index in [1.807, 2.05) is 0 Å². The molecule has 0 aromatic rings. The quantitative estimate of drug-likeness (QED) is 0.425. The van der Waals surface area contributed by atoms with Crippen LogP contribution in [0.15, 0.2) is 0 Å². The fraction of sp³-hybridized carbons (Fsp3) is 0.714. The fourth-order valence-corrected chi connectivity index (χ4v) is 1.07. The molecule has 1 atom stereocenters. The first-order valence-electron chi connectivity index (χ1n) is 3.91. The van der Waals surface area contributed by atoms with Gasteiger partial charge in [0.15, 0.2) is 0 Å². The number of carbonyl (C=O) groups is 2.